The molecule has 151 valence electrons. The zero-order valence-electron chi connectivity index (χ0n) is 17.3. The van der Waals surface area contributed by atoms with E-state index in [0.29, 0.717) is 0 Å². The Kier molecular flexibility index (Phi) is 4.74. The normalized spacial score (nSPS) is 11.2. The molecule has 6 rings (SSSR count). The van der Waals surface area contributed by atoms with Crippen LogP contribution >= 0.6 is 11.3 Å². The maximum atomic E-state index is 5.01. The minimum absolute atomic E-state index is 0.904. The van der Waals surface area contributed by atoms with Crippen LogP contribution in [0.3, 0.4) is 0 Å². The summed E-state index contributed by atoms with van der Waals surface area (Å²) in [5.41, 5.74) is 4.91. The smallest absolute Gasteiger partial charge is 0.0805 e. The van der Waals surface area contributed by atoms with Gasteiger partial charge < -0.3 is 0 Å². The number of hydrogen-bond donors (Lipinski definition) is 0. The first kappa shape index (κ1) is 18.9. The number of thiophene rings is 1. The lowest BCUT2D eigenvalue weighted by Crippen LogP contribution is -1.96. The Morgan fingerprint density at radius 2 is 1.38 bits per heavy atom. The number of aromatic nitrogens is 2. The highest BCUT2D eigenvalue weighted by atomic mass is 32.1. The van der Waals surface area contributed by atoms with Gasteiger partial charge in [-0.3, -0.25) is 9.97 Å². The van der Waals surface area contributed by atoms with Crippen LogP contribution in [0, 0.1) is 6.42 Å². The van der Waals surface area contributed by atoms with Gasteiger partial charge in [-0.2, -0.15) is 0 Å². The third-order valence-electron chi connectivity index (χ3n) is 5.55. The molecule has 32 heavy (non-hydrogen) atoms. The summed E-state index contributed by atoms with van der Waals surface area (Å²) < 4.78 is 1.28. The van der Waals surface area contributed by atoms with E-state index < -0.39 is 0 Å². The predicted octanol–water partition coefficient (Wildman–Crippen LogP) is 7.78. The molecule has 3 aromatic carbocycles. The molecule has 0 unspecified atom stereocenters. The van der Waals surface area contributed by atoms with Crippen molar-refractivity contribution in [2.24, 2.45) is 0 Å². The van der Waals surface area contributed by atoms with Crippen molar-refractivity contribution in [2.75, 3.05) is 0 Å². The van der Waals surface area contributed by atoms with Crippen LogP contribution < -0.4 is 0 Å². The average Bonchev–Trinajstić information content (AvgIpc) is 3.29. The highest BCUT2D eigenvalue weighted by molar-refractivity contribution is 7.22. The van der Waals surface area contributed by atoms with Gasteiger partial charge in [-0.05, 0) is 41.1 Å². The van der Waals surface area contributed by atoms with Gasteiger partial charge in [0, 0.05) is 15.6 Å². The fourth-order valence-corrected chi connectivity index (χ4v) is 5.07. The number of benzene rings is 3. The van der Waals surface area contributed by atoms with E-state index >= 15 is 0 Å². The topological polar surface area (TPSA) is 25.8 Å². The van der Waals surface area contributed by atoms with Crippen molar-refractivity contribution in [2.45, 2.75) is 0 Å². The standard InChI is InChI=1S/C29H19N2S/c1-2-9-20(10-3-1)29-25-14-6-4-11-21(25)17-24(31-29)19-23-13-8-15-26(30-23)28-18-22-12-5-7-16-27(22)32-28/h1-19H. The number of pyridine rings is 2. The van der Waals surface area contributed by atoms with Crippen LogP contribution in [0.15, 0.2) is 109 Å². The Hall–Kier alpha value is -3.82. The summed E-state index contributed by atoms with van der Waals surface area (Å²) in [6.45, 7) is 0. The van der Waals surface area contributed by atoms with Crippen molar-refractivity contribution in [3.05, 3.63) is 127 Å². The molecule has 0 saturated heterocycles. The van der Waals surface area contributed by atoms with Crippen LogP contribution in [0.1, 0.15) is 11.4 Å². The van der Waals surface area contributed by atoms with E-state index in [1.54, 1.807) is 11.3 Å². The minimum atomic E-state index is 0.904. The zero-order chi connectivity index (χ0) is 21.3. The number of hydrogen-bond acceptors (Lipinski definition) is 3. The lowest BCUT2D eigenvalue weighted by atomic mass is 10.0. The van der Waals surface area contributed by atoms with Crippen LogP contribution in [0.25, 0.3) is 42.7 Å². The molecule has 0 spiro atoms. The average molecular weight is 428 g/mol. The molecule has 0 saturated carbocycles. The highest BCUT2D eigenvalue weighted by Gasteiger charge is 2.11. The van der Waals surface area contributed by atoms with Crippen molar-refractivity contribution in [1.29, 1.82) is 0 Å². The summed E-state index contributed by atoms with van der Waals surface area (Å²) in [6, 6.07) is 37.8. The van der Waals surface area contributed by atoms with E-state index in [4.69, 9.17) is 9.97 Å². The molecule has 0 N–H and O–H groups in total. The SMILES string of the molecule is [CH](c1cccc(-c2cc3ccccc3s2)n1)c1cc2ccccc2c(-c2ccccc2)n1. The number of fused-ring (bicyclic) bond motifs is 2. The third-order valence-corrected chi connectivity index (χ3v) is 6.69. The minimum Gasteiger partial charge on any atom is -0.251 e. The Bertz CT molecular complexity index is 1520. The van der Waals surface area contributed by atoms with Gasteiger partial charge in [-0.1, -0.05) is 78.9 Å². The van der Waals surface area contributed by atoms with E-state index in [1.807, 2.05) is 12.1 Å². The van der Waals surface area contributed by atoms with E-state index in [-0.39, 0.29) is 0 Å². The Morgan fingerprint density at radius 1 is 0.594 bits per heavy atom. The van der Waals surface area contributed by atoms with Gasteiger partial charge in [-0.25, -0.2) is 0 Å². The van der Waals surface area contributed by atoms with Gasteiger partial charge in [-0.15, -0.1) is 11.3 Å². The molecule has 0 amide bonds. The van der Waals surface area contributed by atoms with Gasteiger partial charge in [0.05, 0.1) is 34.1 Å². The Labute approximate surface area is 190 Å². The summed E-state index contributed by atoms with van der Waals surface area (Å²) >= 11 is 1.77. The van der Waals surface area contributed by atoms with Crippen molar-refractivity contribution >= 4 is 32.2 Å². The molecule has 6 aromatic rings. The van der Waals surface area contributed by atoms with Crippen molar-refractivity contribution in [1.82, 2.24) is 9.97 Å². The second-order valence-corrected chi connectivity index (χ2v) is 8.81. The number of nitrogens with zero attached hydrogens (tertiary/aromatic N) is 2. The zero-order valence-corrected chi connectivity index (χ0v) is 18.1. The van der Waals surface area contributed by atoms with Crippen LogP contribution in [0.5, 0.6) is 0 Å². The summed E-state index contributed by atoms with van der Waals surface area (Å²) in [6.07, 6.45) is 2.07. The largest absolute Gasteiger partial charge is 0.251 e. The molecule has 0 aliphatic heterocycles. The second kappa shape index (κ2) is 8.03. The van der Waals surface area contributed by atoms with Gasteiger partial charge in [0.1, 0.15) is 0 Å². The molecule has 2 nitrogen and oxygen atoms in total. The first-order valence-electron chi connectivity index (χ1n) is 10.6. The van der Waals surface area contributed by atoms with Crippen LogP contribution in [-0.4, -0.2) is 9.97 Å². The van der Waals surface area contributed by atoms with Crippen LogP contribution in [-0.2, 0) is 0 Å². The summed E-state index contributed by atoms with van der Waals surface area (Å²) in [5.74, 6) is 0. The van der Waals surface area contributed by atoms with E-state index in [9.17, 15) is 0 Å². The molecule has 3 heterocycles. The third kappa shape index (κ3) is 3.57. The maximum absolute atomic E-state index is 5.01. The summed E-state index contributed by atoms with van der Waals surface area (Å²) in [4.78, 5) is 11.1. The van der Waals surface area contributed by atoms with Gasteiger partial charge in [0.2, 0.25) is 0 Å². The molecular weight excluding hydrogens is 408 g/mol. The van der Waals surface area contributed by atoms with Crippen molar-refractivity contribution < 1.29 is 0 Å². The van der Waals surface area contributed by atoms with Crippen LogP contribution in [0.4, 0.5) is 0 Å². The van der Waals surface area contributed by atoms with Gasteiger partial charge in [0.25, 0.3) is 0 Å². The first-order chi connectivity index (χ1) is 15.8. The molecule has 3 heteroatoms. The molecule has 0 atom stereocenters. The molecule has 3 aromatic heterocycles. The monoisotopic (exact) mass is 427 g/mol. The molecule has 1 radical (unpaired) electrons. The first-order valence-corrected chi connectivity index (χ1v) is 11.4. The van der Waals surface area contributed by atoms with Gasteiger partial charge >= 0.3 is 0 Å². The lowest BCUT2D eigenvalue weighted by molar-refractivity contribution is 1.17. The van der Waals surface area contributed by atoms with Crippen molar-refractivity contribution in [3.8, 4) is 21.8 Å². The molecule has 0 aliphatic carbocycles. The number of rotatable bonds is 4. The Balaban J connectivity index is 1.40. The van der Waals surface area contributed by atoms with Gasteiger partial charge in [0.15, 0.2) is 0 Å². The second-order valence-electron chi connectivity index (χ2n) is 7.72. The summed E-state index contributed by atoms with van der Waals surface area (Å²) in [7, 11) is 0. The maximum Gasteiger partial charge on any atom is 0.0805 e. The molecule has 0 aliphatic rings. The van der Waals surface area contributed by atoms with E-state index in [1.165, 1.54) is 20.3 Å². The van der Waals surface area contributed by atoms with E-state index in [2.05, 4.69) is 103 Å². The predicted molar refractivity (Wildman–Crippen MR) is 135 cm³/mol. The van der Waals surface area contributed by atoms with Crippen molar-refractivity contribution in [3.63, 3.8) is 0 Å². The fourth-order valence-electron chi connectivity index (χ4n) is 4.04. The molecule has 0 bridgehead atoms. The van der Waals surface area contributed by atoms with E-state index in [0.717, 1.165) is 33.7 Å². The van der Waals surface area contributed by atoms with Crippen LogP contribution in [0.2, 0.25) is 0 Å². The quantitative estimate of drug-likeness (QED) is 0.287. The molecule has 0 fully saturated rings. The highest BCUT2D eigenvalue weighted by Crippen LogP contribution is 2.33. The molecular formula is C29H19N2S. The Morgan fingerprint density at radius 3 is 2.25 bits per heavy atom. The lowest BCUT2D eigenvalue weighted by Gasteiger charge is -2.10. The fraction of sp³-hybridized carbons (Fsp3) is 0. The summed E-state index contributed by atoms with van der Waals surface area (Å²) in [5, 5.41) is 3.59.